The van der Waals surface area contributed by atoms with Crippen molar-refractivity contribution in [2.24, 2.45) is 0 Å². The van der Waals surface area contributed by atoms with E-state index >= 15 is 0 Å². The molecule has 0 amide bonds. The van der Waals surface area contributed by atoms with E-state index in [2.05, 4.69) is 19.5 Å². The van der Waals surface area contributed by atoms with Crippen LogP contribution in [-0.2, 0) is 20.2 Å². The number of nitrogens with two attached hydrogens (primary N) is 1. The zero-order valence-corrected chi connectivity index (χ0v) is 17.0. The van der Waals surface area contributed by atoms with E-state index in [0.29, 0.717) is 30.1 Å². The standard InChI is InChI=1S/C17H22N5O6P/c1-25-17-19-13-14(18)20-16(27-7-4-8-28-29(24)26-2)21-15(13)22(17)10-11-5-3-6-12(23)9-11/h3,5-6,9,23,29H,4,7-8,10H2,1-2H3,(H2,18,20,21). The van der Waals surface area contributed by atoms with Crippen molar-refractivity contribution in [1.29, 1.82) is 0 Å². The number of anilines is 1. The molecule has 0 aliphatic carbocycles. The molecule has 12 heteroatoms. The van der Waals surface area contributed by atoms with Crippen LogP contribution in [0.15, 0.2) is 24.3 Å². The Balaban J connectivity index is 1.80. The van der Waals surface area contributed by atoms with Crippen LogP contribution in [-0.4, -0.2) is 52.1 Å². The average molecular weight is 423 g/mol. The Kier molecular flexibility index (Phi) is 6.86. The average Bonchev–Trinajstić information content (AvgIpc) is 3.05. The van der Waals surface area contributed by atoms with Crippen LogP contribution in [0.4, 0.5) is 5.82 Å². The summed E-state index contributed by atoms with van der Waals surface area (Å²) < 4.78 is 33.2. The SMILES string of the molecule is COc1nc2c(N)nc(OCCCO[PH](=O)OC)nc2n1Cc1cccc(O)c1. The number of phenols is 1. The second-order valence-electron chi connectivity index (χ2n) is 5.92. The minimum absolute atomic E-state index is 0.0779. The minimum Gasteiger partial charge on any atom is -0.508 e. The number of rotatable bonds is 10. The number of imidazole rings is 1. The summed E-state index contributed by atoms with van der Waals surface area (Å²) in [5.41, 5.74) is 7.67. The molecule has 1 aromatic carbocycles. The van der Waals surface area contributed by atoms with Crippen molar-refractivity contribution in [3.05, 3.63) is 29.8 Å². The van der Waals surface area contributed by atoms with Gasteiger partial charge < -0.3 is 29.4 Å². The Morgan fingerprint density at radius 2 is 2.03 bits per heavy atom. The number of hydrogen-bond donors (Lipinski definition) is 2. The van der Waals surface area contributed by atoms with Crippen LogP contribution in [0.1, 0.15) is 12.0 Å². The van der Waals surface area contributed by atoms with Gasteiger partial charge >= 0.3 is 14.3 Å². The quantitative estimate of drug-likeness (QED) is 0.367. The largest absolute Gasteiger partial charge is 0.508 e. The summed E-state index contributed by atoms with van der Waals surface area (Å²) in [4.78, 5) is 12.8. The van der Waals surface area contributed by atoms with Crippen LogP contribution in [0, 0.1) is 0 Å². The van der Waals surface area contributed by atoms with Gasteiger partial charge in [-0.3, -0.25) is 9.13 Å². The van der Waals surface area contributed by atoms with Crippen LogP contribution in [0.3, 0.4) is 0 Å². The first-order valence-electron chi connectivity index (χ1n) is 8.71. The van der Waals surface area contributed by atoms with Crippen LogP contribution >= 0.6 is 8.25 Å². The number of benzene rings is 1. The number of nitrogens with zero attached hydrogens (tertiary/aromatic N) is 4. The predicted molar refractivity (Wildman–Crippen MR) is 106 cm³/mol. The Labute approximate surface area is 167 Å². The predicted octanol–water partition coefficient (Wildman–Crippen LogP) is 1.99. The van der Waals surface area contributed by atoms with Crippen LogP contribution in [0.25, 0.3) is 11.2 Å². The number of ether oxygens (including phenoxy) is 2. The molecule has 0 spiro atoms. The van der Waals surface area contributed by atoms with Crippen molar-refractivity contribution in [3.63, 3.8) is 0 Å². The fourth-order valence-corrected chi connectivity index (χ4v) is 3.05. The van der Waals surface area contributed by atoms with Crippen LogP contribution < -0.4 is 15.2 Å². The molecule has 11 nitrogen and oxygen atoms in total. The van der Waals surface area contributed by atoms with E-state index in [-0.39, 0.29) is 30.8 Å². The van der Waals surface area contributed by atoms with Gasteiger partial charge in [-0.1, -0.05) is 12.1 Å². The molecule has 0 saturated carbocycles. The van der Waals surface area contributed by atoms with Crippen molar-refractivity contribution in [2.45, 2.75) is 13.0 Å². The second-order valence-corrected chi connectivity index (χ2v) is 7.12. The van der Waals surface area contributed by atoms with Gasteiger partial charge in [0.15, 0.2) is 17.0 Å². The topological polar surface area (TPSA) is 144 Å². The van der Waals surface area contributed by atoms with Crippen molar-refractivity contribution >= 4 is 25.2 Å². The maximum atomic E-state index is 11.1. The molecule has 2 heterocycles. The highest BCUT2D eigenvalue weighted by atomic mass is 31.1. The fourth-order valence-electron chi connectivity index (χ4n) is 2.62. The summed E-state index contributed by atoms with van der Waals surface area (Å²) in [5, 5.41) is 9.70. The third kappa shape index (κ3) is 5.14. The van der Waals surface area contributed by atoms with Crippen molar-refractivity contribution in [1.82, 2.24) is 19.5 Å². The molecule has 3 aromatic rings. The van der Waals surface area contributed by atoms with Gasteiger partial charge in [0.05, 0.1) is 26.9 Å². The number of hydrogen-bond acceptors (Lipinski definition) is 10. The van der Waals surface area contributed by atoms with Gasteiger partial charge in [-0.05, 0) is 17.7 Å². The number of fused-ring (bicyclic) bond motifs is 1. The molecule has 1 atom stereocenters. The molecule has 2 aromatic heterocycles. The minimum atomic E-state index is -2.45. The first kappa shape index (κ1) is 20.8. The number of phenolic OH excluding ortho intramolecular Hbond substituents is 1. The van der Waals surface area contributed by atoms with E-state index in [1.165, 1.54) is 14.2 Å². The van der Waals surface area contributed by atoms with Crippen molar-refractivity contribution < 1.29 is 28.2 Å². The van der Waals surface area contributed by atoms with Gasteiger partial charge in [0.2, 0.25) is 0 Å². The lowest BCUT2D eigenvalue weighted by molar-refractivity contribution is 0.217. The number of methoxy groups -OCH3 is 1. The van der Waals surface area contributed by atoms with Gasteiger partial charge in [0.25, 0.3) is 6.01 Å². The molecule has 0 aliphatic heterocycles. The highest BCUT2D eigenvalue weighted by Gasteiger charge is 2.18. The summed E-state index contributed by atoms with van der Waals surface area (Å²) in [7, 11) is 0.363. The molecule has 0 saturated heterocycles. The van der Waals surface area contributed by atoms with E-state index in [4.69, 9.17) is 19.7 Å². The molecular weight excluding hydrogens is 401 g/mol. The fraction of sp³-hybridized carbons (Fsp3) is 0.353. The van der Waals surface area contributed by atoms with Gasteiger partial charge in [0, 0.05) is 13.5 Å². The normalized spacial score (nSPS) is 12.2. The van der Waals surface area contributed by atoms with Crippen molar-refractivity contribution in [2.75, 3.05) is 33.2 Å². The summed E-state index contributed by atoms with van der Waals surface area (Å²) in [6.45, 7) is 0.803. The molecule has 0 radical (unpaired) electrons. The van der Waals surface area contributed by atoms with Crippen LogP contribution in [0.2, 0.25) is 0 Å². The maximum absolute atomic E-state index is 11.1. The molecule has 3 rings (SSSR count). The van der Waals surface area contributed by atoms with E-state index < -0.39 is 8.25 Å². The first-order valence-corrected chi connectivity index (χ1v) is 9.93. The Morgan fingerprint density at radius 1 is 1.21 bits per heavy atom. The summed E-state index contributed by atoms with van der Waals surface area (Å²) >= 11 is 0. The van der Waals surface area contributed by atoms with E-state index in [9.17, 15) is 9.67 Å². The molecule has 0 aliphatic rings. The van der Waals surface area contributed by atoms with Crippen LogP contribution in [0.5, 0.6) is 17.8 Å². The third-order valence-electron chi connectivity index (χ3n) is 3.91. The lowest BCUT2D eigenvalue weighted by atomic mass is 10.2. The summed E-state index contributed by atoms with van der Waals surface area (Å²) in [6, 6.07) is 7.21. The number of aromatic nitrogens is 4. The summed E-state index contributed by atoms with van der Waals surface area (Å²) in [6.07, 6.45) is 0.465. The Morgan fingerprint density at radius 3 is 2.76 bits per heavy atom. The monoisotopic (exact) mass is 423 g/mol. The Hall–Kier alpha value is -2.88. The number of nitrogen functional groups attached to an aromatic ring is 1. The second kappa shape index (κ2) is 9.55. The number of aromatic hydroxyl groups is 1. The van der Waals surface area contributed by atoms with Gasteiger partial charge in [-0.15, -0.1) is 0 Å². The molecule has 3 N–H and O–H groups in total. The molecule has 0 fully saturated rings. The maximum Gasteiger partial charge on any atom is 0.320 e. The van der Waals surface area contributed by atoms with Gasteiger partial charge in [0.1, 0.15) is 5.75 Å². The molecule has 156 valence electrons. The lowest BCUT2D eigenvalue weighted by Gasteiger charge is -2.09. The zero-order valence-electron chi connectivity index (χ0n) is 16.0. The smallest absolute Gasteiger partial charge is 0.320 e. The lowest BCUT2D eigenvalue weighted by Crippen LogP contribution is -2.08. The van der Waals surface area contributed by atoms with E-state index in [1.54, 1.807) is 22.8 Å². The molecule has 0 bridgehead atoms. The van der Waals surface area contributed by atoms with E-state index in [0.717, 1.165) is 5.56 Å². The zero-order chi connectivity index (χ0) is 20.8. The van der Waals surface area contributed by atoms with E-state index in [1.807, 2.05) is 6.07 Å². The first-order chi connectivity index (χ1) is 14.0. The molecule has 1 unspecified atom stereocenters. The van der Waals surface area contributed by atoms with Gasteiger partial charge in [-0.25, -0.2) is 0 Å². The third-order valence-corrected chi connectivity index (χ3v) is 4.68. The highest BCUT2D eigenvalue weighted by molar-refractivity contribution is 7.33. The highest BCUT2D eigenvalue weighted by Crippen LogP contribution is 2.27. The molecule has 29 heavy (non-hydrogen) atoms. The van der Waals surface area contributed by atoms with Gasteiger partial charge in [-0.2, -0.15) is 15.0 Å². The Bertz CT molecular complexity index is 1010. The summed E-state index contributed by atoms with van der Waals surface area (Å²) in [5.74, 6) is 0.306. The molecular formula is C17H22N5O6P. The van der Waals surface area contributed by atoms with Crippen molar-refractivity contribution in [3.8, 4) is 17.8 Å².